The van der Waals surface area contributed by atoms with Crippen LogP contribution in [0.5, 0.6) is 0 Å². The second-order valence-electron chi connectivity index (χ2n) is 2.86. The van der Waals surface area contributed by atoms with Crippen molar-refractivity contribution in [3.05, 3.63) is 34.0 Å². The van der Waals surface area contributed by atoms with Crippen LogP contribution in [0.1, 0.15) is 5.56 Å². The van der Waals surface area contributed by atoms with Crippen LogP contribution in [0.4, 0.5) is 5.69 Å². The number of nitrogens with one attached hydrogen (secondary N) is 1. The van der Waals surface area contributed by atoms with Crippen LogP contribution in [0.3, 0.4) is 0 Å². The van der Waals surface area contributed by atoms with Gasteiger partial charge in [0.05, 0.1) is 17.7 Å². The average molecular weight is 193 g/mol. The molecule has 0 atom stereocenters. The van der Waals surface area contributed by atoms with Crippen molar-refractivity contribution < 1.29 is 10.0 Å². The van der Waals surface area contributed by atoms with E-state index in [1.807, 2.05) is 0 Å². The maximum absolute atomic E-state index is 10.7. The number of H-pyrrole nitrogens is 1. The molecule has 1 aromatic heterocycles. The molecule has 0 aliphatic carbocycles. The molecule has 0 amide bonds. The number of nitrogens with zero attached hydrogens (tertiary/aromatic N) is 2. The van der Waals surface area contributed by atoms with Gasteiger partial charge < -0.3 is 5.11 Å². The Hall–Kier alpha value is -1.95. The standard InChI is InChI=1S/C8H7N3O3/c12-4-5-1-6-3-9-10-8(6)7(2-5)11(13)14/h1-3,12H,4H2,(H,9,10). The molecule has 6 nitrogen and oxygen atoms in total. The second kappa shape index (κ2) is 3.08. The Bertz CT molecular complexity index is 492. The maximum Gasteiger partial charge on any atom is 0.295 e. The van der Waals surface area contributed by atoms with Crippen molar-refractivity contribution in [2.45, 2.75) is 6.61 Å². The van der Waals surface area contributed by atoms with Gasteiger partial charge in [0.25, 0.3) is 5.69 Å². The summed E-state index contributed by atoms with van der Waals surface area (Å²) in [6, 6.07) is 2.99. The first-order chi connectivity index (χ1) is 6.72. The number of benzene rings is 1. The third-order valence-electron chi connectivity index (χ3n) is 1.97. The van der Waals surface area contributed by atoms with E-state index in [9.17, 15) is 10.1 Å². The van der Waals surface area contributed by atoms with E-state index in [1.54, 1.807) is 6.07 Å². The van der Waals surface area contributed by atoms with Gasteiger partial charge >= 0.3 is 0 Å². The largest absolute Gasteiger partial charge is 0.392 e. The number of rotatable bonds is 2. The molecular weight excluding hydrogens is 186 g/mol. The molecule has 14 heavy (non-hydrogen) atoms. The topological polar surface area (TPSA) is 92.1 Å². The Kier molecular flexibility index (Phi) is 1.90. The summed E-state index contributed by atoms with van der Waals surface area (Å²) in [6.07, 6.45) is 1.49. The Balaban J connectivity index is 2.76. The van der Waals surface area contributed by atoms with Gasteiger partial charge in [-0.1, -0.05) is 0 Å². The van der Waals surface area contributed by atoms with Crippen LogP contribution in [0, 0.1) is 10.1 Å². The summed E-state index contributed by atoms with van der Waals surface area (Å²) in [7, 11) is 0. The molecule has 6 heteroatoms. The maximum atomic E-state index is 10.7. The fraction of sp³-hybridized carbons (Fsp3) is 0.125. The molecule has 2 N–H and O–H groups in total. The fourth-order valence-corrected chi connectivity index (χ4v) is 1.33. The summed E-state index contributed by atoms with van der Waals surface area (Å²) >= 11 is 0. The normalized spacial score (nSPS) is 10.6. The summed E-state index contributed by atoms with van der Waals surface area (Å²) in [4.78, 5) is 10.2. The van der Waals surface area contributed by atoms with Crippen molar-refractivity contribution in [1.29, 1.82) is 0 Å². The molecule has 2 rings (SSSR count). The number of aromatic nitrogens is 2. The van der Waals surface area contributed by atoms with E-state index in [0.717, 1.165) is 0 Å². The van der Waals surface area contributed by atoms with Crippen molar-refractivity contribution in [3.8, 4) is 0 Å². The van der Waals surface area contributed by atoms with Crippen molar-refractivity contribution in [2.75, 3.05) is 0 Å². The molecule has 1 heterocycles. The number of nitro benzene ring substituents is 1. The summed E-state index contributed by atoms with van der Waals surface area (Å²) in [5.41, 5.74) is 0.821. The predicted molar refractivity (Wildman–Crippen MR) is 48.7 cm³/mol. The van der Waals surface area contributed by atoms with Gasteiger partial charge in [0.15, 0.2) is 0 Å². The van der Waals surface area contributed by atoms with Gasteiger partial charge in [-0.2, -0.15) is 5.10 Å². The Morgan fingerprint density at radius 1 is 1.57 bits per heavy atom. The van der Waals surface area contributed by atoms with Crippen LogP contribution >= 0.6 is 0 Å². The molecule has 0 bridgehead atoms. The number of aromatic amines is 1. The molecule has 72 valence electrons. The molecule has 0 aliphatic rings. The van der Waals surface area contributed by atoms with Crippen LogP contribution in [0.25, 0.3) is 10.9 Å². The number of aliphatic hydroxyl groups is 1. The lowest BCUT2D eigenvalue weighted by Gasteiger charge is -1.97. The van der Waals surface area contributed by atoms with Crippen molar-refractivity contribution in [3.63, 3.8) is 0 Å². The van der Waals surface area contributed by atoms with E-state index in [2.05, 4.69) is 10.2 Å². The third-order valence-corrected chi connectivity index (χ3v) is 1.97. The minimum Gasteiger partial charge on any atom is -0.392 e. The average Bonchev–Trinajstić information content (AvgIpc) is 2.63. The molecule has 0 saturated heterocycles. The highest BCUT2D eigenvalue weighted by Gasteiger charge is 2.14. The monoisotopic (exact) mass is 193 g/mol. The van der Waals surface area contributed by atoms with Gasteiger partial charge in [-0.15, -0.1) is 0 Å². The van der Waals surface area contributed by atoms with E-state index in [0.29, 0.717) is 16.5 Å². The molecule has 0 saturated carbocycles. The zero-order valence-electron chi connectivity index (χ0n) is 7.10. The number of nitro groups is 1. The highest BCUT2D eigenvalue weighted by atomic mass is 16.6. The lowest BCUT2D eigenvalue weighted by molar-refractivity contribution is -0.383. The number of fused-ring (bicyclic) bond motifs is 1. The molecule has 0 fully saturated rings. The fourth-order valence-electron chi connectivity index (χ4n) is 1.33. The minimum absolute atomic E-state index is 0.0657. The number of hydrogen-bond donors (Lipinski definition) is 2. The van der Waals surface area contributed by atoms with Gasteiger partial charge in [-0.05, 0) is 11.6 Å². The molecule has 0 aliphatic heterocycles. The first kappa shape index (κ1) is 8.64. The van der Waals surface area contributed by atoms with E-state index < -0.39 is 4.92 Å². The quantitative estimate of drug-likeness (QED) is 0.548. The summed E-state index contributed by atoms with van der Waals surface area (Å²) in [5, 5.41) is 26.4. The highest BCUT2D eigenvalue weighted by Crippen LogP contribution is 2.25. The first-order valence-electron chi connectivity index (χ1n) is 3.93. The molecule has 2 aromatic rings. The lowest BCUT2D eigenvalue weighted by atomic mass is 10.1. The number of non-ortho nitro benzene ring substituents is 1. The predicted octanol–water partition coefficient (Wildman–Crippen LogP) is 0.963. The lowest BCUT2D eigenvalue weighted by Crippen LogP contribution is -1.92. The Morgan fingerprint density at radius 2 is 2.36 bits per heavy atom. The van der Waals surface area contributed by atoms with Crippen LogP contribution in [-0.4, -0.2) is 20.2 Å². The molecule has 1 aromatic carbocycles. The summed E-state index contributed by atoms with van der Waals surface area (Å²) in [5.74, 6) is 0. The summed E-state index contributed by atoms with van der Waals surface area (Å²) in [6.45, 7) is -0.220. The van der Waals surface area contributed by atoms with Gasteiger partial charge in [-0.25, -0.2) is 0 Å². The van der Waals surface area contributed by atoms with Crippen molar-refractivity contribution in [1.82, 2.24) is 10.2 Å². The first-order valence-corrected chi connectivity index (χ1v) is 3.93. The molecule has 0 radical (unpaired) electrons. The Morgan fingerprint density at radius 3 is 3.00 bits per heavy atom. The zero-order chi connectivity index (χ0) is 10.1. The zero-order valence-corrected chi connectivity index (χ0v) is 7.10. The SMILES string of the molecule is O=[N+]([O-])c1cc(CO)cc2cn[nH]c12. The van der Waals surface area contributed by atoms with Crippen LogP contribution in [0.15, 0.2) is 18.3 Å². The van der Waals surface area contributed by atoms with Crippen molar-refractivity contribution in [2.24, 2.45) is 0 Å². The van der Waals surface area contributed by atoms with E-state index in [-0.39, 0.29) is 12.3 Å². The van der Waals surface area contributed by atoms with Gasteiger partial charge in [0.2, 0.25) is 0 Å². The minimum atomic E-state index is -0.500. The second-order valence-corrected chi connectivity index (χ2v) is 2.86. The summed E-state index contributed by atoms with van der Waals surface area (Å²) < 4.78 is 0. The third kappa shape index (κ3) is 1.21. The van der Waals surface area contributed by atoms with E-state index in [1.165, 1.54) is 12.3 Å². The number of aliphatic hydroxyl groups excluding tert-OH is 1. The molecular formula is C8H7N3O3. The highest BCUT2D eigenvalue weighted by molar-refractivity contribution is 5.87. The van der Waals surface area contributed by atoms with Gasteiger partial charge in [0.1, 0.15) is 5.52 Å². The molecule has 0 spiro atoms. The smallest absolute Gasteiger partial charge is 0.295 e. The number of hydrogen-bond acceptors (Lipinski definition) is 4. The Labute approximate surface area is 78.3 Å². The molecule has 0 unspecified atom stereocenters. The van der Waals surface area contributed by atoms with Crippen molar-refractivity contribution >= 4 is 16.6 Å². The van der Waals surface area contributed by atoms with Gasteiger partial charge in [0, 0.05) is 11.5 Å². The van der Waals surface area contributed by atoms with Gasteiger partial charge in [-0.3, -0.25) is 15.2 Å². The van der Waals surface area contributed by atoms with E-state index >= 15 is 0 Å². The van der Waals surface area contributed by atoms with Crippen LogP contribution < -0.4 is 0 Å². The van der Waals surface area contributed by atoms with Crippen LogP contribution in [0.2, 0.25) is 0 Å². The van der Waals surface area contributed by atoms with Crippen LogP contribution in [-0.2, 0) is 6.61 Å². The van der Waals surface area contributed by atoms with E-state index in [4.69, 9.17) is 5.11 Å².